The number of thioether (sulfide) groups is 1. The van der Waals surface area contributed by atoms with Crippen molar-refractivity contribution in [3.63, 3.8) is 0 Å². The lowest BCUT2D eigenvalue weighted by Gasteiger charge is -2.27. The second-order valence-corrected chi connectivity index (χ2v) is 8.21. The zero-order valence-corrected chi connectivity index (χ0v) is 17.2. The van der Waals surface area contributed by atoms with Gasteiger partial charge in [-0.05, 0) is 55.5 Å². The third kappa shape index (κ3) is 3.21. The molecule has 1 radical (unpaired) electrons. The third-order valence-electron chi connectivity index (χ3n) is 5.25. The monoisotopic (exact) mass is 401 g/mol. The van der Waals surface area contributed by atoms with Gasteiger partial charge in [0.1, 0.15) is 11.5 Å². The maximum Gasteiger partial charge on any atom is 0.130 e. The molecule has 2 aromatic carbocycles. The van der Waals surface area contributed by atoms with Gasteiger partial charge in [0.15, 0.2) is 0 Å². The van der Waals surface area contributed by atoms with Crippen molar-refractivity contribution in [1.29, 1.82) is 0 Å². The van der Waals surface area contributed by atoms with Crippen molar-refractivity contribution in [2.75, 3.05) is 17.7 Å². The first-order valence-electron chi connectivity index (χ1n) is 9.48. The number of nitrogens with zero attached hydrogens (tertiary/aromatic N) is 5. The van der Waals surface area contributed by atoms with E-state index in [1.807, 2.05) is 6.07 Å². The molecule has 7 heteroatoms. The fourth-order valence-corrected chi connectivity index (χ4v) is 4.31. The number of H-pyrrole nitrogens is 1. The standard InChI is InChI=1S/C22H21N6S/c1-14-4-7-19(28-23-8-9-24-28)20(10-14)27-13-15(2)11-21(27)22-25-17-6-5-16(29-3)12-18(17)26-22/h4-6,8-10,12,21H,2,11,13H2,1,3H3,(H,25,26)/t21-/m0/s1. The van der Waals surface area contributed by atoms with E-state index >= 15 is 0 Å². The summed E-state index contributed by atoms with van der Waals surface area (Å²) in [5.74, 6) is 0.956. The Balaban J connectivity index is 1.60. The second-order valence-electron chi connectivity index (χ2n) is 7.33. The number of nitrogens with one attached hydrogen (secondary N) is 1. The van der Waals surface area contributed by atoms with Crippen molar-refractivity contribution in [2.24, 2.45) is 0 Å². The van der Waals surface area contributed by atoms with Crippen molar-refractivity contribution in [3.05, 3.63) is 72.3 Å². The molecular formula is C22H21N6S. The second kappa shape index (κ2) is 7.08. The van der Waals surface area contributed by atoms with E-state index in [0.29, 0.717) is 0 Å². The topological polar surface area (TPSA) is 62.6 Å². The smallest absolute Gasteiger partial charge is 0.130 e. The summed E-state index contributed by atoms with van der Waals surface area (Å²) in [7, 11) is 0. The van der Waals surface area contributed by atoms with E-state index in [-0.39, 0.29) is 6.04 Å². The van der Waals surface area contributed by atoms with Gasteiger partial charge in [-0.1, -0.05) is 12.2 Å². The predicted octanol–water partition coefficient (Wildman–Crippen LogP) is 4.48. The number of anilines is 1. The highest BCUT2D eigenvalue weighted by atomic mass is 32.2. The number of hydrogen-bond donors (Lipinski definition) is 1. The Morgan fingerprint density at radius 3 is 2.86 bits per heavy atom. The lowest BCUT2D eigenvalue weighted by atomic mass is 10.1. The first-order valence-corrected chi connectivity index (χ1v) is 10.7. The van der Waals surface area contributed by atoms with Gasteiger partial charge in [0, 0.05) is 17.5 Å². The van der Waals surface area contributed by atoms with E-state index in [1.54, 1.807) is 29.0 Å². The Morgan fingerprint density at radius 1 is 1.24 bits per heavy atom. The molecule has 29 heavy (non-hydrogen) atoms. The van der Waals surface area contributed by atoms with Crippen LogP contribution < -0.4 is 4.90 Å². The first-order chi connectivity index (χ1) is 14.1. The number of benzene rings is 2. The zero-order valence-electron chi connectivity index (χ0n) is 16.4. The molecule has 0 bridgehead atoms. The fourth-order valence-electron chi connectivity index (χ4n) is 3.88. The van der Waals surface area contributed by atoms with Gasteiger partial charge in [-0.25, -0.2) is 4.98 Å². The molecule has 2 aromatic heterocycles. The van der Waals surface area contributed by atoms with Gasteiger partial charge < -0.3 is 9.88 Å². The average Bonchev–Trinajstić information content (AvgIpc) is 3.46. The van der Waals surface area contributed by atoms with Gasteiger partial charge in [0.25, 0.3) is 0 Å². The molecule has 4 aromatic rings. The van der Waals surface area contributed by atoms with E-state index < -0.39 is 0 Å². The molecule has 145 valence electrons. The van der Waals surface area contributed by atoms with E-state index in [2.05, 4.69) is 70.2 Å². The normalized spacial score (nSPS) is 16.8. The summed E-state index contributed by atoms with van der Waals surface area (Å²) < 4.78 is 0. The van der Waals surface area contributed by atoms with Crippen molar-refractivity contribution < 1.29 is 0 Å². The molecule has 1 aliphatic heterocycles. The van der Waals surface area contributed by atoms with Crippen LogP contribution in [0.4, 0.5) is 5.69 Å². The van der Waals surface area contributed by atoms with Gasteiger partial charge in [-0.2, -0.15) is 10.2 Å². The van der Waals surface area contributed by atoms with E-state index in [1.165, 1.54) is 10.5 Å². The molecule has 5 rings (SSSR count). The van der Waals surface area contributed by atoms with Crippen LogP contribution in [0.1, 0.15) is 23.9 Å². The van der Waals surface area contributed by atoms with Crippen LogP contribution >= 0.6 is 11.8 Å². The minimum atomic E-state index is 0.0807. The van der Waals surface area contributed by atoms with Crippen LogP contribution in [0.2, 0.25) is 0 Å². The summed E-state index contributed by atoms with van der Waals surface area (Å²) in [6, 6.07) is 13.9. The van der Waals surface area contributed by atoms with Crippen LogP contribution in [-0.4, -0.2) is 37.8 Å². The number of rotatable bonds is 4. The SMILES string of the molecule is C=C1C[C@@H](c2nc3cc(SC)ccc3[nH]2)N(c2cc(C)c[c]c2-n2nccn2)C1. The molecule has 0 saturated carbocycles. The zero-order chi connectivity index (χ0) is 20.0. The third-order valence-corrected chi connectivity index (χ3v) is 5.97. The lowest BCUT2D eigenvalue weighted by Crippen LogP contribution is -2.25. The molecule has 0 spiro atoms. The Kier molecular flexibility index (Phi) is 4.39. The summed E-state index contributed by atoms with van der Waals surface area (Å²) in [5.41, 5.74) is 6.24. The van der Waals surface area contributed by atoms with Crippen LogP contribution in [0.15, 0.2) is 59.8 Å². The van der Waals surface area contributed by atoms with Crippen LogP contribution in [0, 0.1) is 13.0 Å². The minimum absolute atomic E-state index is 0.0807. The van der Waals surface area contributed by atoms with Gasteiger partial charge >= 0.3 is 0 Å². The number of aryl methyl sites for hydroxylation is 1. The Bertz CT molecular complexity index is 1190. The van der Waals surface area contributed by atoms with Crippen LogP contribution in [-0.2, 0) is 0 Å². The number of fused-ring (bicyclic) bond motifs is 1. The van der Waals surface area contributed by atoms with Crippen molar-refractivity contribution in [2.45, 2.75) is 24.3 Å². The van der Waals surface area contributed by atoms with Crippen LogP contribution in [0.5, 0.6) is 0 Å². The summed E-state index contributed by atoms with van der Waals surface area (Å²) in [4.78, 5) is 13.6. The molecule has 1 aliphatic rings. The van der Waals surface area contributed by atoms with E-state index in [4.69, 9.17) is 4.98 Å². The molecule has 0 aliphatic carbocycles. The molecule has 3 heterocycles. The molecular weight excluding hydrogens is 380 g/mol. The minimum Gasteiger partial charge on any atom is -0.355 e. The van der Waals surface area contributed by atoms with Crippen LogP contribution in [0.3, 0.4) is 0 Å². The molecule has 1 saturated heterocycles. The Morgan fingerprint density at radius 2 is 2.07 bits per heavy atom. The highest BCUT2D eigenvalue weighted by Gasteiger charge is 2.33. The van der Waals surface area contributed by atoms with Gasteiger partial charge in [-0.3, -0.25) is 0 Å². The van der Waals surface area contributed by atoms with Gasteiger partial charge in [0.2, 0.25) is 0 Å². The summed E-state index contributed by atoms with van der Waals surface area (Å²) >= 11 is 1.73. The molecule has 6 nitrogen and oxygen atoms in total. The molecule has 1 N–H and O–H groups in total. The van der Waals surface area contributed by atoms with Gasteiger partial charge in [-0.15, -0.1) is 16.6 Å². The summed E-state index contributed by atoms with van der Waals surface area (Å²) in [6.45, 7) is 7.11. The summed E-state index contributed by atoms with van der Waals surface area (Å²) in [5, 5.41) is 8.64. The fraction of sp³-hybridized carbons (Fsp3) is 0.227. The number of aromatic amines is 1. The van der Waals surface area contributed by atoms with Crippen molar-refractivity contribution in [1.82, 2.24) is 25.0 Å². The summed E-state index contributed by atoms with van der Waals surface area (Å²) in [6.07, 6.45) is 6.30. The maximum atomic E-state index is 4.93. The number of hydrogen-bond acceptors (Lipinski definition) is 5. The first kappa shape index (κ1) is 18.0. The largest absolute Gasteiger partial charge is 0.355 e. The van der Waals surface area contributed by atoms with Crippen molar-refractivity contribution in [3.8, 4) is 5.69 Å². The van der Waals surface area contributed by atoms with E-state index in [0.717, 1.165) is 46.8 Å². The molecule has 1 atom stereocenters. The predicted molar refractivity (Wildman–Crippen MR) is 117 cm³/mol. The maximum absolute atomic E-state index is 4.93. The molecule has 0 unspecified atom stereocenters. The van der Waals surface area contributed by atoms with Gasteiger partial charge in [0.05, 0.1) is 35.2 Å². The Hall–Kier alpha value is -3.06. The molecule has 0 amide bonds. The average molecular weight is 402 g/mol. The number of imidazole rings is 1. The molecule has 1 fully saturated rings. The Labute approximate surface area is 173 Å². The quantitative estimate of drug-likeness (QED) is 0.403. The highest BCUT2D eigenvalue weighted by Crippen LogP contribution is 2.40. The highest BCUT2D eigenvalue weighted by molar-refractivity contribution is 7.98. The van der Waals surface area contributed by atoms with E-state index in [9.17, 15) is 0 Å². The lowest BCUT2D eigenvalue weighted by molar-refractivity contribution is 0.678. The van der Waals surface area contributed by atoms with Crippen LogP contribution in [0.25, 0.3) is 16.7 Å². The van der Waals surface area contributed by atoms with Crippen molar-refractivity contribution >= 4 is 28.5 Å². The number of aromatic nitrogens is 5.